The molecule has 26 heavy (non-hydrogen) atoms. The highest BCUT2D eigenvalue weighted by Gasteiger charge is 2.34. The van der Waals surface area contributed by atoms with Crippen LogP contribution in [-0.4, -0.2) is 52.6 Å². The van der Waals surface area contributed by atoms with Crippen molar-refractivity contribution in [2.45, 2.75) is 39.7 Å². The molecule has 142 valence electrons. The molecule has 2 N–H and O–H groups in total. The highest BCUT2D eigenvalue weighted by molar-refractivity contribution is 6.21. The topological polar surface area (TPSA) is 113 Å². The summed E-state index contributed by atoms with van der Waals surface area (Å²) >= 11 is 0. The average Bonchev–Trinajstić information content (AvgIpc) is 2.78. The molecule has 0 saturated carbocycles. The van der Waals surface area contributed by atoms with E-state index in [4.69, 9.17) is 9.84 Å². The van der Waals surface area contributed by atoms with Crippen LogP contribution in [0.25, 0.3) is 0 Å². The van der Waals surface area contributed by atoms with Gasteiger partial charge >= 0.3 is 12.1 Å². The smallest absolute Gasteiger partial charge is 0.408 e. The number of fused-ring (bicyclic) bond motifs is 1. The lowest BCUT2D eigenvalue weighted by Gasteiger charge is -2.19. The highest BCUT2D eigenvalue weighted by Crippen LogP contribution is 2.22. The number of nitrogens with one attached hydrogen (secondary N) is 1. The van der Waals surface area contributed by atoms with Crippen molar-refractivity contribution in [3.8, 4) is 0 Å². The number of benzene rings is 1. The van der Waals surface area contributed by atoms with E-state index < -0.39 is 24.2 Å². The van der Waals surface area contributed by atoms with Gasteiger partial charge in [-0.05, 0) is 39.3 Å². The van der Waals surface area contributed by atoms with Crippen LogP contribution in [0.2, 0.25) is 0 Å². The summed E-state index contributed by atoms with van der Waals surface area (Å²) in [4.78, 5) is 45.5. The van der Waals surface area contributed by atoms with E-state index in [0.717, 1.165) is 6.42 Å². The number of alkyl carbamates (subject to hydrolysis) is 1. The number of carbonyl (C=O) groups excluding carboxylic acids is 3. The normalized spacial score (nSPS) is 12.8. The Balaban J connectivity index is 0.000000265. The van der Waals surface area contributed by atoms with Gasteiger partial charge < -0.3 is 15.2 Å². The van der Waals surface area contributed by atoms with Crippen LogP contribution in [0, 0.1) is 0 Å². The number of ether oxygens (including phenoxy) is 1. The van der Waals surface area contributed by atoms with Crippen molar-refractivity contribution in [3.05, 3.63) is 35.4 Å². The summed E-state index contributed by atoms with van der Waals surface area (Å²) in [7, 11) is 0. The number of nitrogens with zero attached hydrogens (tertiary/aromatic N) is 1. The third-order valence-electron chi connectivity index (χ3n) is 3.11. The number of imide groups is 1. The fraction of sp³-hybridized carbons (Fsp3) is 0.444. The molecule has 3 amide bonds. The van der Waals surface area contributed by atoms with E-state index in [2.05, 4.69) is 5.32 Å². The number of hydrogen-bond acceptors (Lipinski definition) is 5. The summed E-state index contributed by atoms with van der Waals surface area (Å²) in [6, 6.07) is 6.95. The summed E-state index contributed by atoms with van der Waals surface area (Å²) in [5, 5.41) is 10.3. The molecule has 1 aromatic carbocycles. The van der Waals surface area contributed by atoms with Gasteiger partial charge in [-0.15, -0.1) is 0 Å². The van der Waals surface area contributed by atoms with Gasteiger partial charge in [-0.2, -0.15) is 0 Å². The van der Waals surface area contributed by atoms with Gasteiger partial charge in [-0.25, -0.2) is 4.79 Å². The third kappa shape index (κ3) is 6.19. The molecule has 1 heterocycles. The highest BCUT2D eigenvalue weighted by atomic mass is 16.6. The van der Waals surface area contributed by atoms with Gasteiger partial charge in [-0.1, -0.05) is 19.1 Å². The van der Waals surface area contributed by atoms with Crippen LogP contribution in [0.3, 0.4) is 0 Å². The summed E-state index contributed by atoms with van der Waals surface area (Å²) in [6.07, 6.45) is 0.0794. The predicted octanol–water partition coefficient (Wildman–Crippen LogP) is 2.29. The monoisotopic (exact) mass is 364 g/mol. The molecule has 1 aliphatic rings. The van der Waals surface area contributed by atoms with Crippen molar-refractivity contribution in [1.82, 2.24) is 10.2 Å². The Hall–Kier alpha value is -2.90. The van der Waals surface area contributed by atoms with Crippen LogP contribution in [-0.2, 0) is 9.53 Å². The summed E-state index contributed by atoms with van der Waals surface area (Å²) in [6.45, 7) is 7.14. The second kappa shape index (κ2) is 8.98. The number of aliphatic carboxylic acids is 1. The van der Waals surface area contributed by atoms with Gasteiger partial charge in [0.1, 0.15) is 12.1 Å². The number of hydrogen-bond donors (Lipinski definition) is 2. The van der Waals surface area contributed by atoms with E-state index in [1.807, 2.05) is 6.92 Å². The molecule has 0 spiro atoms. The molecule has 2 rings (SSSR count). The molecule has 0 aromatic heterocycles. The van der Waals surface area contributed by atoms with Gasteiger partial charge in [0.05, 0.1) is 11.1 Å². The molecule has 0 bridgehead atoms. The first-order valence-electron chi connectivity index (χ1n) is 8.20. The van der Waals surface area contributed by atoms with E-state index in [-0.39, 0.29) is 11.8 Å². The standard InChI is InChI=1S/C11H11NO2.C7H13NO4/c1-2-7-12-10(13)8-5-3-4-6-9(8)11(12)14;1-7(2,3)12-6(11)8-4-5(9)10/h3-6H,2,7H2,1H3;4H2,1-3H3,(H,8,11)(H,9,10). The van der Waals surface area contributed by atoms with E-state index in [9.17, 15) is 19.2 Å². The maximum atomic E-state index is 11.7. The van der Waals surface area contributed by atoms with Crippen LogP contribution < -0.4 is 5.32 Å². The van der Waals surface area contributed by atoms with E-state index in [1.165, 1.54) is 4.90 Å². The Morgan fingerprint density at radius 2 is 1.62 bits per heavy atom. The number of rotatable bonds is 4. The fourth-order valence-corrected chi connectivity index (χ4v) is 2.13. The number of amides is 3. The van der Waals surface area contributed by atoms with Crippen LogP contribution >= 0.6 is 0 Å². The summed E-state index contributed by atoms with van der Waals surface area (Å²) < 4.78 is 4.77. The molecule has 0 atom stereocenters. The zero-order valence-corrected chi connectivity index (χ0v) is 15.4. The molecule has 8 nitrogen and oxygen atoms in total. The Morgan fingerprint density at radius 3 is 2.00 bits per heavy atom. The minimum absolute atomic E-state index is 0.160. The van der Waals surface area contributed by atoms with Gasteiger partial charge in [0.2, 0.25) is 0 Å². The van der Waals surface area contributed by atoms with E-state index >= 15 is 0 Å². The first-order valence-corrected chi connectivity index (χ1v) is 8.20. The molecule has 0 fully saturated rings. The lowest BCUT2D eigenvalue weighted by Crippen LogP contribution is -2.35. The zero-order chi connectivity index (χ0) is 19.9. The SMILES string of the molecule is CC(C)(C)OC(=O)NCC(=O)O.CCCN1C(=O)c2ccccc2C1=O. The van der Waals surface area contributed by atoms with E-state index in [0.29, 0.717) is 17.7 Å². The van der Waals surface area contributed by atoms with Crippen molar-refractivity contribution in [1.29, 1.82) is 0 Å². The molecule has 8 heteroatoms. The Kier molecular flexibility index (Phi) is 7.30. The summed E-state index contributed by atoms with van der Waals surface area (Å²) in [5.41, 5.74) is 0.472. The lowest BCUT2D eigenvalue weighted by atomic mass is 10.1. The number of carboxylic acid groups (broad SMARTS) is 1. The van der Waals surface area contributed by atoms with Gasteiger partial charge in [0.25, 0.3) is 11.8 Å². The van der Waals surface area contributed by atoms with Gasteiger partial charge in [-0.3, -0.25) is 19.3 Å². The average molecular weight is 364 g/mol. The first-order chi connectivity index (χ1) is 12.1. The van der Waals surface area contributed by atoms with Crippen LogP contribution in [0.4, 0.5) is 4.79 Å². The largest absolute Gasteiger partial charge is 0.480 e. The Labute approximate surface area is 152 Å². The van der Waals surface area contributed by atoms with Crippen molar-refractivity contribution < 1.29 is 29.0 Å². The maximum absolute atomic E-state index is 11.7. The Morgan fingerprint density at radius 1 is 1.12 bits per heavy atom. The van der Waals surface area contributed by atoms with Crippen molar-refractivity contribution in [2.24, 2.45) is 0 Å². The minimum atomic E-state index is -1.10. The Bertz CT molecular complexity index is 658. The lowest BCUT2D eigenvalue weighted by molar-refractivity contribution is -0.136. The molecule has 0 saturated heterocycles. The fourth-order valence-electron chi connectivity index (χ4n) is 2.13. The van der Waals surface area contributed by atoms with Gasteiger partial charge in [0.15, 0.2) is 0 Å². The quantitative estimate of drug-likeness (QED) is 0.793. The number of carboxylic acids is 1. The van der Waals surface area contributed by atoms with Crippen molar-refractivity contribution in [2.75, 3.05) is 13.1 Å². The second-order valence-corrected chi connectivity index (χ2v) is 6.56. The van der Waals surface area contributed by atoms with Crippen LogP contribution in [0.1, 0.15) is 54.8 Å². The molecule has 0 aliphatic carbocycles. The molecule has 1 aromatic rings. The molecule has 0 unspecified atom stereocenters. The third-order valence-corrected chi connectivity index (χ3v) is 3.11. The van der Waals surface area contributed by atoms with Crippen molar-refractivity contribution in [3.63, 3.8) is 0 Å². The number of carbonyl (C=O) groups is 4. The molecule has 0 radical (unpaired) electrons. The predicted molar refractivity (Wildman–Crippen MR) is 94.0 cm³/mol. The molecular weight excluding hydrogens is 340 g/mol. The van der Waals surface area contributed by atoms with Gasteiger partial charge in [0, 0.05) is 6.54 Å². The second-order valence-electron chi connectivity index (χ2n) is 6.56. The van der Waals surface area contributed by atoms with Crippen molar-refractivity contribution >= 4 is 23.9 Å². The summed E-state index contributed by atoms with van der Waals surface area (Å²) in [5.74, 6) is -1.42. The van der Waals surface area contributed by atoms with E-state index in [1.54, 1.807) is 45.0 Å². The minimum Gasteiger partial charge on any atom is -0.480 e. The molecule has 1 aliphatic heterocycles. The zero-order valence-electron chi connectivity index (χ0n) is 15.4. The van der Waals surface area contributed by atoms with Crippen LogP contribution in [0.15, 0.2) is 24.3 Å². The molecular formula is C18H24N2O6. The van der Waals surface area contributed by atoms with Crippen LogP contribution in [0.5, 0.6) is 0 Å². The maximum Gasteiger partial charge on any atom is 0.408 e. The first kappa shape index (κ1) is 21.1.